The third-order valence-electron chi connectivity index (χ3n) is 2.99. The lowest BCUT2D eigenvalue weighted by atomic mass is 10.2. The predicted octanol–water partition coefficient (Wildman–Crippen LogP) is 2.77. The van der Waals surface area contributed by atoms with Crippen molar-refractivity contribution in [2.24, 2.45) is 5.73 Å². The Labute approximate surface area is 126 Å². The van der Waals surface area contributed by atoms with Gasteiger partial charge in [-0.05, 0) is 36.9 Å². The van der Waals surface area contributed by atoms with Crippen molar-refractivity contribution < 1.29 is 0 Å². The van der Waals surface area contributed by atoms with E-state index in [0.29, 0.717) is 10.6 Å². The highest BCUT2D eigenvalue weighted by Gasteiger charge is 2.12. The Balaban J connectivity index is 2.11. The van der Waals surface area contributed by atoms with E-state index in [1.807, 2.05) is 43.3 Å². The highest BCUT2D eigenvalue weighted by Crippen LogP contribution is 2.31. The molecule has 2 heterocycles. The average molecular weight is 295 g/mol. The largest absolute Gasteiger partial charge is 0.384 e. The number of nitrogen functional groups attached to an aromatic ring is 1. The fourth-order valence-corrected chi connectivity index (χ4v) is 3.01. The van der Waals surface area contributed by atoms with E-state index >= 15 is 0 Å². The summed E-state index contributed by atoms with van der Waals surface area (Å²) in [6, 6.07) is 11.5. The lowest BCUT2D eigenvalue weighted by Crippen LogP contribution is -2.13. The summed E-state index contributed by atoms with van der Waals surface area (Å²) >= 11 is 1.40. The Morgan fingerprint density at radius 1 is 1.10 bits per heavy atom. The van der Waals surface area contributed by atoms with Crippen LogP contribution in [0.4, 0.5) is 0 Å². The number of pyridine rings is 1. The summed E-state index contributed by atoms with van der Waals surface area (Å²) in [6.07, 6.45) is 1.54. The molecule has 6 heteroatoms. The second-order valence-corrected chi connectivity index (χ2v) is 5.49. The minimum Gasteiger partial charge on any atom is -0.384 e. The molecule has 0 aliphatic rings. The van der Waals surface area contributed by atoms with E-state index in [0.717, 1.165) is 21.6 Å². The van der Waals surface area contributed by atoms with E-state index in [9.17, 15) is 0 Å². The molecule has 21 heavy (non-hydrogen) atoms. The van der Waals surface area contributed by atoms with E-state index < -0.39 is 0 Å². The molecule has 0 bridgehead atoms. The standard InChI is InChI=1S/C15H13N5S/c1-9-6-7-11(13(16)17)15(20-9)21-14-10-4-2-3-5-12(10)18-8-19-14/h2-8H,1H3,(H3,16,17). The van der Waals surface area contributed by atoms with Crippen LogP contribution in [0.2, 0.25) is 0 Å². The molecule has 3 aromatic rings. The predicted molar refractivity (Wildman–Crippen MR) is 83.7 cm³/mol. The van der Waals surface area contributed by atoms with Crippen LogP contribution in [0.15, 0.2) is 52.8 Å². The zero-order valence-electron chi connectivity index (χ0n) is 11.4. The first-order chi connectivity index (χ1) is 10.1. The van der Waals surface area contributed by atoms with Gasteiger partial charge in [0.05, 0.1) is 5.52 Å². The molecule has 3 N–H and O–H groups in total. The van der Waals surface area contributed by atoms with Gasteiger partial charge < -0.3 is 5.73 Å². The molecule has 0 atom stereocenters. The number of nitrogens with zero attached hydrogens (tertiary/aromatic N) is 3. The van der Waals surface area contributed by atoms with Gasteiger partial charge in [0, 0.05) is 16.6 Å². The molecule has 0 saturated carbocycles. The third-order valence-corrected chi connectivity index (χ3v) is 4.01. The van der Waals surface area contributed by atoms with Gasteiger partial charge in [-0.3, -0.25) is 5.41 Å². The van der Waals surface area contributed by atoms with Crippen LogP contribution in [-0.4, -0.2) is 20.8 Å². The molecule has 0 spiro atoms. The van der Waals surface area contributed by atoms with E-state index in [2.05, 4.69) is 15.0 Å². The van der Waals surface area contributed by atoms with Crippen LogP contribution in [0.5, 0.6) is 0 Å². The van der Waals surface area contributed by atoms with Crippen molar-refractivity contribution in [3.8, 4) is 0 Å². The fraction of sp³-hybridized carbons (Fsp3) is 0.0667. The van der Waals surface area contributed by atoms with Crippen LogP contribution < -0.4 is 5.73 Å². The van der Waals surface area contributed by atoms with Crippen molar-refractivity contribution in [3.05, 3.63) is 54.0 Å². The van der Waals surface area contributed by atoms with Gasteiger partial charge in [0.2, 0.25) is 0 Å². The van der Waals surface area contributed by atoms with Gasteiger partial charge in [0.1, 0.15) is 22.2 Å². The molecular weight excluding hydrogens is 282 g/mol. The zero-order valence-corrected chi connectivity index (χ0v) is 12.2. The van der Waals surface area contributed by atoms with E-state index in [1.54, 1.807) is 0 Å². The maximum atomic E-state index is 7.67. The number of aromatic nitrogens is 3. The normalized spacial score (nSPS) is 10.7. The number of benzene rings is 1. The number of amidine groups is 1. The Hall–Kier alpha value is -2.47. The smallest absolute Gasteiger partial charge is 0.125 e. The molecular formula is C15H13N5S. The molecule has 3 rings (SSSR count). The van der Waals surface area contributed by atoms with Crippen LogP contribution in [0.1, 0.15) is 11.3 Å². The molecule has 0 unspecified atom stereocenters. The van der Waals surface area contributed by atoms with Gasteiger partial charge in [-0.2, -0.15) is 0 Å². The van der Waals surface area contributed by atoms with Gasteiger partial charge in [-0.25, -0.2) is 15.0 Å². The summed E-state index contributed by atoms with van der Waals surface area (Å²) < 4.78 is 0. The molecule has 1 aromatic carbocycles. The quantitative estimate of drug-likeness (QED) is 0.440. The molecule has 0 aliphatic heterocycles. The molecule has 5 nitrogen and oxygen atoms in total. The van der Waals surface area contributed by atoms with Crippen LogP contribution in [0.3, 0.4) is 0 Å². The lowest BCUT2D eigenvalue weighted by molar-refractivity contribution is 1.04. The second kappa shape index (κ2) is 5.49. The van der Waals surface area contributed by atoms with Gasteiger partial charge in [-0.15, -0.1) is 0 Å². The summed E-state index contributed by atoms with van der Waals surface area (Å²) in [6.45, 7) is 1.91. The zero-order chi connectivity index (χ0) is 14.8. The highest BCUT2D eigenvalue weighted by molar-refractivity contribution is 7.99. The van der Waals surface area contributed by atoms with Crippen LogP contribution in [0, 0.1) is 12.3 Å². The summed E-state index contributed by atoms with van der Waals surface area (Å²) in [7, 11) is 0. The van der Waals surface area contributed by atoms with Crippen molar-refractivity contribution in [2.75, 3.05) is 0 Å². The Bertz CT molecular complexity index is 826. The third kappa shape index (κ3) is 2.71. The molecule has 0 radical (unpaired) electrons. The topological polar surface area (TPSA) is 88.5 Å². The van der Waals surface area contributed by atoms with Crippen molar-refractivity contribution in [1.82, 2.24) is 15.0 Å². The minimum absolute atomic E-state index is 0.00311. The molecule has 2 aromatic heterocycles. The number of fused-ring (bicyclic) bond motifs is 1. The average Bonchev–Trinajstić information content (AvgIpc) is 2.47. The first kappa shape index (κ1) is 13.5. The van der Waals surface area contributed by atoms with E-state index in [1.165, 1.54) is 18.1 Å². The first-order valence-electron chi connectivity index (χ1n) is 6.35. The number of aryl methyl sites for hydroxylation is 1. The SMILES string of the molecule is Cc1ccc(C(=N)N)c(Sc2ncnc3ccccc23)n1. The number of nitrogens with two attached hydrogens (primary N) is 1. The second-order valence-electron chi connectivity index (χ2n) is 4.52. The van der Waals surface area contributed by atoms with Gasteiger partial charge in [-0.1, -0.05) is 18.2 Å². The Morgan fingerprint density at radius 2 is 1.90 bits per heavy atom. The summed E-state index contributed by atoms with van der Waals surface area (Å²) in [5.74, 6) is 0.00311. The number of hydrogen-bond acceptors (Lipinski definition) is 5. The van der Waals surface area contributed by atoms with E-state index in [4.69, 9.17) is 11.1 Å². The lowest BCUT2D eigenvalue weighted by Gasteiger charge is -2.08. The maximum Gasteiger partial charge on any atom is 0.125 e. The fourth-order valence-electron chi connectivity index (χ4n) is 1.97. The number of rotatable bonds is 3. The number of para-hydroxylation sites is 1. The molecule has 0 saturated heterocycles. The minimum atomic E-state index is 0.00311. The molecule has 0 fully saturated rings. The Morgan fingerprint density at radius 3 is 2.71 bits per heavy atom. The first-order valence-corrected chi connectivity index (χ1v) is 7.16. The van der Waals surface area contributed by atoms with Gasteiger partial charge in [0.15, 0.2) is 0 Å². The van der Waals surface area contributed by atoms with Crippen molar-refractivity contribution >= 4 is 28.5 Å². The number of nitrogens with one attached hydrogen (secondary N) is 1. The van der Waals surface area contributed by atoms with E-state index in [-0.39, 0.29) is 5.84 Å². The maximum absolute atomic E-state index is 7.67. The summed E-state index contributed by atoms with van der Waals surface area (Å²) in [5.41, 5.74) is 8.00. The van der Waals surface area contributed by atoms with Crippen LogP contribution in [0.25, 0.3) is 10.9 Å². The molecule has 0 amide bonds. The summed E-state index contributed by atoms with van der Waals surface area (Å²) in [4.78, 5) is 13.1. The monoisotopic (exact) mass is 295 g/mol. The van der Waals surface area contributed by atoms with Gasteiger partial charge in [0.25, 0.3) is 0 Å². The molecule has 104 valence electrons. The van der Waals surface area contributed by atoms with Crippen molar-refractivity contribution in [1.29, 1.82) is 5.41 Å². The number of hydrogen-bond donors (Lipinski definition) is 2. The van der Waals surface area contributed by atoms with Crippen LogP contribution >= 0.6 is 11.8 Å². The van der Waals surface area contributed by atoms with Crippen molar-refractivity contribution in [3.63, 3.8) is 0 Å². The highest BCUT2D eigenvalue weighted by atomic mass is 32.2. The Kier molecular flexibility index (Phi) is 3.53. The van der Waals surface area contributed by atoms with Crippen molar-refractivity contribution in [2.45, 2.75) is 17.0 Å². The molecule has 0 aliphatic carbocycles. The van der Waals surface area contributed by atoms with Crippen LogP contribution in [-0.2, 0) is 0 Å². The summed E-state index contributed by atoms with van der Waals surface area (Å²) in [5, 5.41) is 10.1. The van der Waals surface area contributed by atoms with Gasteiger partial charge >= 0.3 is 0 Å².